The number of nitrogens with zero attached hydrogens (tertiary/aromatic N) is 1. The van der Waals surface area contributed by atoms with E-state index in [2.05, 4.69) is 5.32 Å². The molecule has 5 aliphatic rings. The lowest BCUT2D eigenvalue weighted by Gasteiger charge is -2.57. The normalized spacial score (nSPS) is 34.5. The van der Waals surface area contributed by atoms with Gasteiger partial charge in [0.1, 0.15) is 0 Å². The number of carbonyl (C=O) groups excluding carboxylic acids is 1. The van der Waals surface area contributed by atoms with Crippen molar-refractivity contribution in [2.45, 2.75) is 56.9 Å². The first-order valence-corrected chi connectivity index (χ1v) is 13.0. The molecule has 1 N–H and O–H groups in total. The first-order valence-electron chi connectivity index (χ1n) is 11.5. The maximum Gasteiger partial charge on any atom is 0.236 e. The number of piperidine rings is 1. The summed E-state index contributed by atoms with van der Waals surface area (Å²) in [4.78, 5) is 13.1. The standard InChI is InChI=1S/C24H32N2O3S/c27-23(25-24-15-19-12-20(16-24)14-21(13-19)17-24)22-6-9-26(10-7-22)30(28,29)11-8-18-4-2-1-3-5-18/h1-5,8,11,19-22H,6-7,9-10,12-17H2,(H,25,27)/b11-8+. The van der Waals surface area contributed by atoms with Gasteiger partial charge in [-0.05, 0) is 80.8 Å². The zero-order valence-electron chi connectivity index (χ0n) is 17.5. The Morgan fingerprint density at radius 2 is 1.53 bits per heavy atom. The number of hydrogen-bond donors (Lipinski definition) is 1. The van der Waals surface area contributed by atoms with Crippen molar-refractivity contribution >= 4 is 22.0 Å². The van der Waals surface area contributed by atoms with Crippen LogP contribution in [-0.2, 0) is 14.8 Å². The summed E-state index contributed by atoms with van der Waals surface area (Å²) >= 11 is 0. The van der Waals surface area contributed by atoms with E-state index in [4.69, 9.17) is 0 Å². The summed E-state index contributed by atoms with van der Waals surface area (Å²) < 4.78 is 26.9. The first kappa shape index (κ1) is 20.3. The molecule has 0 radical (unpaired) electrons. The van der Waals surface area contributed by atoms with Crippen LogP contribution in [0.25, 0.3) is 6.08 Å². The van der Waals surface area contributed by atoms with E-state index in [1.165, 1.54) is 29.0 Å². The minimum Gasteiger partial charge on any atom is -0.350 e. The van der Waals surface area contributed by atoms with Crippen LogP contribution in [-0.4, -0.2) is 37.3 Å². The van der Waals surface area contributed by atoms with E-state index in [1.807, 2.05) is 30.3 Å². The summed E-state index contributed by atoms with van der Waals surface area (Å²) in [7, 11) is -3.45. The predicted molar refractivity (Wildman–Crippen MR) is 118 cm³/mol. The van der Waals surface area contributed by atoms with Gasteiger partial charge in [0.25, 0.3) is 0 Å². The lowest BCUT2D eigenvalue weighted by Crippen LogP contribution is -2.61. The Morgan fingerprint density at radius 1 is 0.967 bits per heavy atom. The molecule has 1 amide bonds. The highest BCUT2D eigenvalue weighted by atomic mass is 32.2. The Bertz CT molecular complexity index is 882. The van der Waals surface area contributed by atoms with Gasteiger partial charge in [0.05, 0.1) is 0 Å². The summed E-state index contributed by atoms with van der Waals surface area (Å²) in [5.74, 6) is 2.51. The fourth-order valence-corrected chi connectivity index (χ4v) is 8.04. The topological polar surface area (TPSA) is 66.5 Å². The summed E-state index contributed by atoms with van der Waals surface area (Å²) in [6.07, 6.45) is 10.4. The molecule has 0 aromatic heterocycles. The summed E-state index contributed by atoms with van der Waals surface area (Å²) in [5, 5.41) is 4.76. The van der Waals surface area contributed by atoms with Crippen LogP contribution in [0.5, 0.6) is 0 Å². The van der Waals surface area contributed by atoms with Crippen molar-refractivity contribution in [3.63, 3.8) is 0 Å². The van der Waals surface area contributed by atoms with Crippen molar-refractivity contribution in [2.24, 2.45) is 23.7 Å². The molecular formula is C24H32N2O3S. The number of rotatable bonds is 5. The van der Waals surface area contributed by atoms with Crippen LogP contribution in [0.1, 0.15) is 56.9 Å². The third-order valence-corrected chi connectivity index (χ3v) is 9.41. The Morgan fingerprint density at radius 3 is 2.10 bits per heavy atom. The van der Waals surface area contributed by atoms with E-state index in [9.17, 15) is 13.2 Å². The van der Waals surface area contributed by atoms with E-state index in [0.717, 1.165) is 42.6 Å². The molecule has 1 aromatic carbocycles. The van der Waals surface area contributed by atoms with Crippen LogP contribution in [0, 0.1) is 23.7 Å². The molecule has 0 atom stereocenters. The third kappa shape index (κ3) is 4.09. The second-order valence-electron chi connectivity index (χ2n) is 10.1. The van der Waals surface area contributed by atoms with E-state index < -0.39 is 10.0 Å². The second kappa shape index (κ2) is 7.79. The van der Waals surface area contributed by atoms with E-state index in [-0.39, 0.29) is 17.4 Å². The zero-order valence-corrected chi connectivity index (χ0v) is 18.3. The molecule has 162 valence electrons. The van der Waals surface area contributed by atoms with Gasteiger partial charge in [0.2, 0.25) is 15.9 Å². The lowest BCUT2D eigenvalue weighted by atomic mass is 9.53. The van der Waals surface area contributed by atoms with Crippen molar-refractivity contribution in [3.05, 3.63) is 41.3 Å². The Balaban J connectivity index is 1.17. The van der Waals surface area contributed by atoms with Crippen molar-refractivity contribution in [1.29, 1.82) is 0 Å². The molecular weight excluding hydrogens is 396 g/mol. The van der Waals surface area contributed by atoms with Crippen molar-refractivity contribution < 1.29 is 13.2 Å². The largest absolute Gasteiger partial charge is 0.350 e. The van der Waals surface area contributed by atoms with Crippen LogP contribution in [0.15, 0.2) is 35.7 Å². The number of nitrogens with one attached hydrogen (secondary N) is 1. The smallest absolute Gasteiger partial charge is 0.236 e. The molecule has 6 rings (SSSR count). The van der Waals surface area contributed by atoms with E-state index >= 15 is 0 Å². The van der Waals surface area contributed by atoms with E-state index in [1.54, 1.807) is 6.08 Å². The van der Waals surface area contributed by atoms with Gasteiger partial charge in [0, 0.05) is 30.0 Å². The molecule has 5 nitrogen and oxygen atoms in total. The van der Waals surface area contributed by atoms with Gasteiger partial charge < -0.3 is 5.32 Å². The quantitative estimate of drug-likeness (QED) is 0.776. The van der Waals surface area contributed by atoms with Crippen LogP contribution >= 0.6 is 0 Å². The number of hydrogen-bond acceptors (Lipinski definition) is 3. The molecule has 4 saturated carbocycles. The zero-order chi connectivity index (χ0) is 20.8. The maximum absolute atomic E-state index is 13.1. The van der Waals surface area contributed by atoms with Crippen LogP contribution in [0.3, 0.4) is 0 Å². The second-order valence-corrected chi connectivity index (χ2v) is 11.9. The predicted octanol–water partition coefficient (Wildman–Crippen LogP) is 3.78. The van der Waals surface area contributed by atoms with Gasteiger partial charge in [-0.3, -0.25) is 4.79 Å². The van der Waals surface area contributed by atoms with Gasteiger partial charge >= 0.3 is 0 Å². The minimum absolute atomic E-state index is 0.0352. The summed E-state index contributed by atoms with van der Waals surface area (Å²) in [6, 6.07) is 9.45. The Hall–Kier alpha value is -1.66. The molecule has 0 unspecified atom stereocenters. The minimum atomic E-state index is -3.45. The van der Waals surface area contributed by atoms with E-state index in [0.29, 0.717) is 25.9 Å². The molecule has 1 aliphatic heterocycles. The molecule has 6 heteroatoms. The Labute approximate surface area is 180 Å². The van der Waals surface area contributed by atoms with Crippen molar-refractivity contribution in [1.82, 2.24) is 9.62 Å². The summed E-state index contributed by atoms with van der Waals surface area (Å²) in [5.41, 5.74) is 0.902. The number of amides is 1. The molecule has 4 aliphatic carbocycles. The average Bonchev–Trinajstić information content (AvgIpc) is 2.72. The van der Waals surface area contributed by atoms with Crippen molar-refractivity contribution in [2.75, 3.05) is 13.1 Å². The van der Waals surface area contributed by atoms with Crippen molar-refractivity contribution in [3.8, 4) is 0 Å². The molecule has 30 heavy (non-hydrogen) atoms. The molecule has 4 bridgehead atoms. The van der Waals surface area contributed by atoms with Crippen LogP contribution in [0.2, 0.25) is 0 Å². The van der Waals surface area contributed by atoms with Crippen LogP contribution in [0.4, 0.5) is 0 Å². The molecule has 1 aromatic rings. The van der Waals surface area contributed by atoms with Gasteiger partial charge in [-0.15, -0.1) is 0 Å². The summed E-state index contributed by atoms with van der Waals surface area (Å²) in [6.45, 7) is 0.834. The highest BCUT2D eigenvalue weighted by molar-refractivity contribution is 7.92. The number of sulfonamides is 1. The first-order chi connectivity index (χ1) is 14.4. The van der Waals surface area contributed by atoms with Gasteiger partial charge in [0.15, 0.2) is 0 Å². The third-order valence-electron chi connectivity index (χ3n) is 7.84. The van der Waals surface area contributed by atoms with Gasteiger partial charge in [-0.25, -0.2) is 8.42 Å². The molecule has 0 spiro atoms. The number of benzene rings is 1. The highest BCUT2D eigenvalue weighted by Gasteiger charge is 2.52. The van der Waals surface area contributed by atoms with Gasteiger partial charge in [-0.1, -0.05) is 30.3 Å². The van der Waals surface area contributed by atoms with Gasteiger partial charge in [-0.2, -0.15) is 4.31 Å². The number of carbonyl (C=O) groups is 1. The molecule has 1 saturated heterocycles. The van der Waals surface area contributed by atoms with Crippen LogP contribution < -0.4 is 5.32 Å². The SMILES string of the molecule is O=C(NC12CC3CC(CC(C3)C1)C2)C1CCN(S(=O)(=O)/C=C/c2ccccc2)CC1. The monoisotopic (exact) mass is 428 g/mol. The fourth-order valence-electron chi connectivity index (χ4n) is 6.81. The average molecular weight is 429 g/mol. The lowest BCUT2D eigenvalue weighted by molar-refractivity contribution is -0.131. The molecule has 5 fully saturated rings. The molecule has 1 heterocycles. The fraction of sp³-hybridized carbons (Fsp3) is 0.625. The highest BCUT2D eigenvalue weighted by Crippen LogP contribution is 2.55. The Kier molecular flexibility index (Phi) is 5.26. The maximum atomic E-state index is 13.1.